The molecule has 1 aliphatic rings. The number of hydrogen-bond donors (Lipinski definition) is 2. The van der Waals surface area contributed by atoms with Crippen LogP contribution in [-0.2, 0) is 15.0 Å². The van der Waals surface area contributed by atoms with Gasteiger partial charge in [0.15, 0.2) is 0 Å². The van der Waals surface area contributed by atoms with E-state index in [-0.39, 0.29) is 6.42 Å². The van der Waals surface area contributed by atoms with E-state index in [1.54, 1.807) is 6.92 Å². The number of nitrogens with zero attached hydrogens (tertiary/aromatic N) is 1. The topological polar surface area (TPSA) is 86.7 Å². The number of carbonyl (C=O) groups is 1. The van der Waals surface area contributed by atoms with E-state index in [1.807, 2.05) is 0 Å². The first-order valence-electron chi connectivity index (χ1n) is 5.80. The zero-order chi connectivity index (χ0) is 13.1. The van der Waals surface area contributed by atoms with Crippen LogP contribution in [0.4, 0.5) is 0 Å². The van der Waals surface area contributed by atoms with Gasteiger partial charge in [0, 0.05) is 19.1 Å². The number of hydrogen-bond acceptors (Lipinski definition) is 3. The summed E-state index contributed by atoms with van der Waals surface area (Å²) in [6, 6.07) is -0.586. The van der Waals surface area contributed by atoms with Crippen molar-refractivity contribution < 1.29 is 18.3 Å². The van der Waals surface area contributed by atoms with Crippen molar-refractivity contribution in [2.75, 3.05) is 13.1 Å². The van der Waals surface area contributed by atoms with Gasteiger partial charge in [0.1, 0.15) is 0 Å². The summed E-state index contributed by atoms with van der Waals surface area (Å²) < 4.78 is 27.6. The molecule has 0 spiro atoms. The number of carboxylic acids is 1. The van der Waals surface area contributed by atoms with E-state index in [0.717, 1.165) is 12.8 Å². The van der Waals surface area contributed by atoms with Gasteiger partial charge < -0.3 is 5.11 Å². The van der Waals surface area contributed by atoms with Gasteiger partial charge in [-0.1, -0.05) is 6.92 Å². The fourth-order valence-electron chi connectivity index (χ4n) is 1.86. The number of nitrogens with one attached hydrogen (secondary N) is 1. The van der Waals surface area contributed by atoms with Crippen LogP contribution in [0.15, 0.2) is 0 Å². The Kier molecular flexibility index (Phi) is 4.91. The lowest BCUT2D eigenvalue weighted by atomic mass is 10.0. The van der Waals surface area contributed by atoms with Gasteiger partial charge in [-0.25, -0.2) is 0 Å². The maximum absolute atomic E-state index is 11.9. The number of carboxylic acid groups (broad SMARTS) is 1. The average Bonchev–Trinajstić information content (AvgIpc) is 2.15. The molecular formula is C10H20N2O4S. The van der Waals surface area contributed by atoms with Crippen LogP contribution in [0.3, 0.4) is 0 Å². The molecule has 100 valence electrons. The molecule has 1 unspecified atom stereocenters. The quantitative estimate of drug-likeness (QED) is 0.753. The second kappa shape index (κ2) is 5.79. The molecule has 1 saturated heterocycles. The van der Waals surface area contributed by atoms with Crippen LogP contribution < -0.4 is 4.72 Å². The Balaban J connectivity index is 2.53. The minimum atomic E-state index is -3.53. The molecule has 6 nitrogen and oxygen atoms in total. The average molecular weight is 264 g/mol. The van der Waals surface area contributed by atoms with Gasteiger partial charge >= 0.3 is 5.97 Å². The first kappa shape index (κ1) is 14.4. The summed E-state index contributed by atoms with van der Waals surface area (Å²) in [5.74, 6) is -0.453. The van der Waals surface area contributed by atoms with E-state index >= 15 is 0 Å². The lowest BCUT2D eigenvalue weighted by molar-refractivity contribution is -0.137. The van der Waals surface area contributed by atoms with Crippen molar-refractivity contribution in [3.8, 4) is 0 Å². The van der Waals surface area contributed by atoms with Crippen LogP contribution in [0.5, 0.6) is 0 Å². The highest BCUT2D eigenvalue weighted by molar-refractivity contribution is 7.87. The molecule has 0 aliphatic carbocycles. The third kappa shape index (κ3) is 4.61. The van der Waals surface area contributed by atoms with Crippen molar-refractivity contribution in [2.24, 2.45) is 5.92 Å². The van der Waals surface area contributed by atoms with Crippen molar-refractivity contribution in [3.63, 3.8) is 0 Å². The zero-order valence-electron chi connectivity index (χ0n) is 10.2. The van der Waals surface area contributed by atoms with Crippen molar-refractivity contribution in [2.45, 2.75) is 39.2 Å². The lowest BCUT2D eigenvalue weighted by Gasteiger charge is -2.30. The Morgan fingerprint density at radius 1 is 1.47 bits per heavy atom. The van der Waals surface area contributed by atoms with E-state index in [2.05, 4.69) is 11.6 Å². The standard InChI is InChI=1S/C10H20N2O4S/c1-8-3-5-12(6-4-8)17(15,16)11-9(2)7-10(13)14/h8-9,11H,3-7H2,1-2H3,(H,13,14). The molecule has 0 bridgehead atoms. The minimum absolute atomic E-state index is 0.205. The van der Waals surface area contributed by atoms with E-state index in [9.17, 15) is 13.2 Å². The molecule has 1 heterocycles. The molecule has 0 amide bonds. The monoisotopic (exact) mass is 264 g/mol. The number of aliphatic carboxylic acids is 1. The van der Waals surface area contributed by atoms with Crippen LogP contribution in [-0.4, -0.2) is 42.9 Å². The third-order valence-electron chi connectivity index (χ3n) is 2.91. The molecule has 0 radical (unpaired) electrons. The van der Waals surface area contributed by atoms with Gasteiger partial charge in [-0.05, 0) is 25.7 Å². The Labute approximate surface area is 102 Å². The summed E-state index contributed by atoms with van der Waals surface area (Å²) in [4.78, 5) is 10.5. The van der Waals surface area contributed by atoms with Crippen molar-refractivity contribution >= 4 is 16.2 Å². The SMILES string of the molecule is CC1CCN(S(=O)(=O)NC(C)CC(=O)O)CC1. The Morgan fingerprint density at radius 3 is 2.47 bits per heavy atom. The third-order valence-corrected chi connectivity index (χ3v) is 4.66. The predicted molar refractivity (Wildman–Crippen MR) is 63.7 cm³/mol. The smallest absolute Gasteiger partial charge is 0.304 e. The van der Waals surface area contributed by atoms with Gasteiger partial charge in [-0.3, -0.25) is 4.79 Å². The van der Waals surface area contributed by atoms with Gasteiger partial charge in [0.25, 0.3) is 10.2 Å². The van der Waals surface area contributed by atoms with Gasteiger partial charge in [0.2, 0.25) is 0 Å². The van der Waals surface area contributed by atoms with Crippen molar-refractivity contribution in [1.29, 1.82) is 0 Å². The zero-order valence-corrected chi connectivity index (χ0v) is 11.0. The molecule has 1 fully saturated rings. The minimum Gasteiger partial charge on any atom is -0.481 e. The molecule has 1 rings (SSSR count). The van der Waals surface area contributed by atoms with E-state index < -0.39 is 22.2 Å². The van der Waals surface area contributed by atoms with Gasteiger partial charge in [-0.2, -0.15) is 17.4 Å². The normalized spacial score (nSPS) is 21.3. The van der Waals surface area contributed by atoms with Crippen molar-refractivity contribution in [1.82, 2.24) is 9.03 Å². The highest BCUT2D eigenvalue weighted by Gasteiger charge is 2.27. The maximum Gasteiger partial charge on any atom is 0.304 e. The summed E-state index contributed by atoms with van der Waals surface area (Å²) in [6.07, 6.45) is 1.51. The van der Waals surface area contributed by atoms with Crippen LogP contribution in [0.1, 0.15) is 33.1 Å². The lowest BCUT2D eigenvalue weighted by Crippen LogP contribution is -2.47. The first-order valence-corrected chi connectivity index (χ1v) is 7.24. The van der Waals surface area contributed by atoms with E-state index in [1.165, 1.54) is 4.31 Å². The molecule has 1 aliphatic heterocycles. The molecule has 17 heavy (non-hydrogen) atoms. The number of rotatable bonds is 5. The molecular weight excluding hydrogens is 244 g/mol. The van der Waals surface area contributed by atoms with Crippen LogP contribution in [0.2, 0.25) is 0 Å². The summed E-state index contributed by atoms with van der Waals surface area (Å²) in [7, 11) is -3.53. The first-order chi connectivity index (χ1) is 7.81. The Bertz CT molecular complexity index is 361. The predicted octanol–water partition coefficient (Wildman–Crippen LogP) is 0.416. The summed E-state index contributed by atoms with van der Waals surface area (Å²) in [6.45, 7) is 4.68. The Morgan fingerprint density at radius 2 is 2.00 bits per heavy atom. The van der Waals surface area contributed by atoms with Gasteiger partial charge in [0.05, 0.1) is 6.42 Å². The second-order valence-corrected chi connectivity index (χ2v) is 6.41. The summed E-state index contributed by atoms with van der Waals surface area (Å²) >= 11 is 0. The van der Waals surface area contributed by atoms with E-state index in [4.69, 9.17) is 5.11 Å². The molecule has 0 saturated carbocycles. The van der Waals surface area contributed by atoms with Crippen LogP contribution >= 0.6 is 0 Å². The molecule has 7 heteroatoms. The summed E-state index contributed by atoms with van der Waals surface area (Å²) in [5, 5.41) is 8.58. The molecule has 0 aromatic rings. The molecule has 1 atom stereocenters. The van der Waals surface area contributed by atoms with E-state index in [0.29, 0.717) is 19.0 Å². The second-order valence-electron chi connectivity index (χ2n) is 4.70. The molecule has 2 N–H and O–H groups in total. The molecule has 0 aromatic heterocycles. The number of piperidine rings is 1. The van der Waals surface area contributed by atoms with Crippen molar-refractivity contribution in [3.05, 3.63) is 0 Å². The highest BCUT2D eigenvalue weighted by Crippen LogP contribution is 2.18. The largest absolute Gasteiger partial charge is 0.481 e. The van der Waals surface area contributed by atoms with Crippen LogP contribution in [0.25, 0.3) is 0 Å². The van der Waals surface area contributed by atoms with Crippen LogP contribution in [0, 0.1) is 5.92 Å². The maximum atomic E-state index is 11.9. The fraction of sp³-hybridized carbons (Fsp3) is 0.900. The highest BCUT2D eigenvalue weighted by atomic mass is 32.2. The summed E-state index contributed by atoms with van der Waals surface area (Å²) in [5.41, 5.74) is 0. The fourth-order valence-corrected chi connectivity index (χ4v) is 3.29. The molecule has 0 aromatic carbocycles. The van der Waals surface area contributed by atoms with Gasteiger partial charge in [-0.15, -0.1) is 0 Å². The Hall–Kier alpha value is -0.660.